The molecule has 0 bridgehead atoms. The van der Waals surface area contributed by atoms with Crippen LogP contribution in [0, 0.1) is 0 Å². The van der Waals surface area contributed by atoms with Crippen molar-refractivity contribution in [3.63, 3.8) is 0 Å². The zero-order valence-corrected chi connectivity index (χ0v) is 7.87. The molecule has 6 heteroatoms. The van der Waals surface area contributed by atoms with E-state index in [1.807, 2.05) is 0 Å². The van der Waals surface area contributed by atoms with Gasteiger partial charge in [0.2, 0.25) is 0 Å². The fraction of sp³-hybridized carbons (Fsp3) is 0.714. The van der Waals surface area contributed by atoms with Crippen LogP contribution in [0.4, 0.5) is 0 Å². The zero-order chi connectivity index (χ0) is 9.90. The van der Waals surface area contributed by atoms with E-state index >= 15 is 0 Å². The predicted molar refractivity (Wildman–Crippen MR) is 43.8 cm³/mol. The van der Waals surface area contributed by atoms with Crippen LogP contribution in [0.25, 0.3) is 0 Å². The molecule has 1 N–H and O–H groups in total. The number of aromatic nitrogens is 4. The molecule has 1 rings (SSSR count). The number of esters is 1. The number of H-pyrrole nitrogens is 1. The van der Waals surface area contributed by atoms with Crippen LogP contribution in [-0.2, 0) is 14.9 Å². The Morgan fingerprint density at radius 2 is 2.31 bits per heavy atom. The predicted octanol–water partition coefficient (Wildman–Crippen LogP) is 0.0404. The molecule has 0 fully saturated rings. The van der Waals surface area contributed by atoms with Crippen molar-refractivity contribution in [2.45, 2.75) is 26.2 Å². The molecule has 0 saturated heterocycles. The van der Waals surface area contributed by atoms with Gasteiger partial charge in [0, 0.05) is 0 Å². The first-order valence-electron chi connectivity index (χ1n) is 4.00. The molecule has 72 valence electrons. The highest BCUT2D eigenvalue weighted by Gasteiger charge is 2.34. The van der Waals surface area contributed by atoms with Crippen molar-refractivity contribution in [2.24, 2.45) is 0 Å². The average molecular weight is 184 g/mol. The van der Waals surface area contributed by atoms with Crippen LogP contribution in [0.2, 0.25) is 0 Å². The van der Waals surface area contributed by atoms with Gasteiger partial charge in [0.15, 0.2) is 5.82 Å². The molecule has 0 aromatic carbocycles. The molecular weight excluding hydrogens is 172 g/mol. The maximum atomic E-state index is 11.4. The second-order valence-corrected chi connectivity index (χ2v) is 3.10. The smallest absolute Gasteiger partial charge is 0.319 e. The molecule has 1 aromatic rings. The lowest BCUT2D eigenvalue weighted by atomic mass is 9.93. The SMILES string of the molecule is CCOC(=O)C(C)(C)c1nnn[nH]1. The van der Waals surface area contributed by atoms with Gasteiger partial charge in [0.1, 0.15) is 5.41 Å². The molecule has 1 aromatic heterocycles. The van der Waals surface area contributed by atoms with Gasteiger partial charge >= 0.3 is 5.97 Å². The van der Waals surface area contributed by atoms with E-state index in [0.29, 0.717) is 12.4 Å². The molecule has 0 saturated carbocycles. The standard InChI is InChI=1S/C7H12N4O2/c1-4-13-6(12)7(2,3)5-8-10-11-9-5/h4H2,1-3H3,(H,8,9,10,11). The highest BCUT2D eigenvalue weighted by atomic mass is 16.5. The summed E-state index contributed by atoms with van der Waals surface area (Å²) < 4.78 is 4.88. The Morgan fingerprint density at radius 3 is 2.77 bits per heavy atom. The van der Waals surface area contributed by atoms with Crippen molar-refractivity contribution in [1.82, 2.24) is 20.6 Å². The Kier molecular flexibility index (Phi) is 2.60. The lowest BCUT2D eigenvalue weighted by Gasteiger charge is -2.17. The minimum absolute atomic E-state index is 0.339. The molecule has 0 radical (unpaired) electrons. The van der Waals surface area contributed by atoms with E-state index < -0.39 is 5.41 Å². The second kappa shape index (κ2) is 3.51. The summed E-state index contributed by atoms with van der Waals surface area (Å²) in [5, 5.41) is 13.0. The third-order valence-corrected chi connectivity index (χ3v) is 1.72. The van der Waals surface area contributed by atoms with E-state index in [-0.39, 0.29) is 5.97 Å². The number of carbonyl (C=O) groups is 1. The number of hydrogen-bond donors (Lipinski definition) is 1. The molecular formula is C7H12N4O2. The Hall–Kier alpha value is -1.46. The van der Waals surface area contributed by atoms with E-state index in [0.717, 1.165) is 0 Å². The van der Waals surface area contributed by atoms with Crippen LogP contribution in [-0.4, -0.2) is 33.2 Å². The third kappa shape index (κ3) is 1.82. The quantitative estimate of drug-likeness (QED) is 0.671. The van der Waals surface area contributed by atoms with E-state index in [1.165, 1.54) is 0 Å². The number of ether oxygens (including phenoxy) is 1. The van der Waals surface area contributed by atoms with Crippen LogP contribution < -0.4 is 0 Å². The summed E-state index contributed by atoms with van der Waals surface area (Å²) in [7, 11) is 0. The molecule has 0 spiro atoms. The summed E-state index contributed by atoms with van der Waals surface area (Å²) in [6.07, 6.45) is 0. The van der Waals surface area contributed by atoms with Gasteiger partial charge in [-0.1, -0.05) is 0 Å². The number of nitrogens with one attached hydrogen (secondary N) is 1. The fourth-order valence-electron chi connectivity index (χ4n) is 0.832. The third-order valence-electron chi connectivity index (χ3n) is 1.72. The molecule has 0 aliphatic heterocycles. The first-order chi connectivity index (χ1) is 6.09. The summed E-state index contributed by atoms with van der Waals surface area (Å²) >= 11 is 0. The normalized spacial score (nSPS) is 11.3. The largest absolute Gasteiger partial charge is 0.465 e. The second-order valence-electron chi connectivity index (χ2n) is 3.10. The lowest BCUT2D eigenvalue weighted by molar-refractivity contribution is -0.149. The van der Waals surface area contributed by atoms with Crippen molar-refractivity contribution in [3.8, 4) is 0 Å². The van der Waals surface area contributed by atoms with Crippen molar-refractivity contribution in [2.75, 3.05) is 6.61 Å². The van der Waals surface area contributed by atoms with Gasteiger partial charge in [-0.25, -0.2) is 5.10 Å². The summed E-state index contributed by atoms with van der Waals surface area (Å²) in [5.74, 6) is 0.0690. The van der Waals surface area contributed by atoms with Gasteiger partial charge in [0.05, 0.1) is 6.61 Å². The van der Waals surface area contributed by atoms with Gasteiger partial charge in [-0.2, -0.15) is 0 Å². The van der Waals surface area contributed by atoms with Crippen LogP contribution in [0.5, 0.6) is 0 Å². The highest BCUT2D eigenvalue weighted by molar-refractivity contribution is 5.80. The molecule has 6 nitrogen and oxygen atoms in total. The fourth-order valence-corrected chi connectivity index (χ4v) is 0.832. The number of hydrogen-bond acceptors (Lipinski definition) is 5. The number of tetrazole rings is 1. The Balaban J connectivity index is 2.82. The number of nitrogens with zero attached hydrogens (tertiary/aromatic N) is 3. The molecule has 0 amide bonds. The van der Waals surface area contributed by atoms with E-state index in [2.05, 4.69) is 20.6 Å². The van der Waals surface area contributed by atoms with E-state index in [4.69, 9.17) is 4.74 Å². The van der Waals surface area contributed by atoms with Gasteiger partial charge in [-0.3, -0.25) is 4.79 Å². The topological polar surface area (TPSA) is 80.8 Å². The summed E-state index contributed by atoms with van der Waals surface area (Å²) in [6.45, 7) is 5.51. The average Bonchev–Trinajstić information content (AvgIpc) is 2.56. The Bertz CT molecular complexity index is 281. The highest BCUT2D eigenvalue weighted by Crippen LogP contribution is 2.19. The zero-order valence-electron chi connectivity index (χ0n) is 7.87. The van der Waals surface area contributed by atoms with Crippen LogP contribution in [0.1, 0.15) is 26.6 Å². The van der Waals surface area contributed by atoms with Crippen molar-refractivity contribution < 1.29 is 9.53 Å². The van der Waals surface area contributed by atoms with Gasteiger partial charge in [0.25, 0.3) is 0 Å². The van der Waals surface area contributed by atoms with Crippen molar-refractivity contribution in [3.05, 3.63) is 5.82 Å². The lowest BCUT2D eigenvalue weighted by Crippen LogP contribution is -2.32. The number of rotatable bonds is 3. The van der Waals surface area contributed by atoms with E-state index in [1.54, 1.807) is 20.8 Å². The molecule has 0 aliphatic carbocycles. The molecule has 1 heterocycles. The van der Waals surface area contributed by atoms with Gasteiger partial charge in [-0.05, 0) is 31.2 Å². The van der Waals surface area contributed by atoms with Crippen molar-refractivity contribution >= 4 is 5.97 Å². The maximum Gasteiger partial charge on any atom is 0.319 e. The van der Waals surface area contributed by atoms with Crippen LogP contribution in [0.15, 0.2) is 0 Å². The Labute approximate surface area is 75.7 Å². The maximum absolute atomic E-state index is 11.4. The molecule has 0 aliphatic rings. The first kappa shape index (κ1) is 9.63. The van der Waals surface area contributed by atoms with Crippen LogP contribution >= 0.6 is 0 Å². The van der Waals surface area contributed by atoms with Gasteiger partial charge in [-0.15, -0.1) is 5.10 Å². The monoisotopic (exact) mass is 184 g/mol. The molecule has 0 atom stereocenters. The summed E-state index contributed by atoms with van der Waals surface area (Å²) in [4.78, 5) is 11.4. The summed E-state index contributed by atoms with van der Waals surface area (Å²) in [6, 6.07) is 0. The molecule has 13 heavy (non-hydrogen) atoms. The Morgan fingerprint density at radius 1 is 1.62 bits per heavy atom. The summed E-state index contributed by atoms with van der Waals surface area (Å²) in [5.41, 5.74) is -0.820. The minimum atomic E-state index is -0.820. The van der Waals surface area contributed by atoms with Crippen LogP contribution in [0.3, 0.4) is 0 Å². The molecule has 0 unspecified atom stereocenters. The van der Waals surface area contributed by atoms with Gasteiger partial charge < -0.3 is 4.74 Å². The number of carbonyl (C=O) groups excluding carboxylic acids is 1. The first-order valence-corrected chi connectivity index (χ1v) is 4.00. The van der Waals surface area contributed by atoms with E-state index in [9.17, 15) is 4.79 Å². The number of aromatic amines is 1. The minimum Gasteiger partial charge on any atom is -0.465 e. The van der Waals surface area contributed by atoms with Crippen molar-refractivity contribution in [1.29, 1.82) is 0 Å².